The van der Waals surface area contributed by atoms with Gasteiger partial charge in [-0.05, 0) is 45.0 Å². The number of allylic oxidation sites excluding steroid dienone is 2. The van der Waals surface area contributed by atoms with E-state index in [1.165, 1.54) is 9.80 Å². The van der Waals surface area contributed by atoms with Crippen LogP contribution in [0.3, 0.4) is 0 Å². The second-order valence-corrected chi connectivity index (χ2v) is 7.85. The number of urea groups is 1. The van der Waals surface area contributed by atoms with E-state index in [1.54, 1.807) is 38.2 Å². The van der Waals surface area contributed by atoms with Crippen molar-refractivity contribution < 1.29 is 14.4 Å². The van der Waals surface area contributed by atoms with Gasteiger partial charge in [0.25, 0.3) is 5.91 Å². The summed E-state index contributed by atoms with van der Waals surface area (Å²) in [7, 11) is 1.65. The van der Waals surface area contributed by atoms with E-state index in [2.05, 4.69) is 6.58 Å². The third kappa shape index (κ3) is 2.69. The first kappa shape index (κ1) is 19.7. The molecule has 3 aliphatic rings. The normalized spacial score (nSPS) is 23.1. The minimum Gasteiger partial charge on any atom is -0.366 e. The van der Waals surface area contributed by atoms with Crippen molar-refractivity contribution in [1.29, 1.82) is 0 Å². The molecule has 1 saturated heterocycles. The van der Waals surface area contributed by atoms with E-state index >= 15 is 0 Å². The average molecular weight is 408 g/mol. The number of guanidine groups is 1. The highest BCUT2D eigenvalue weighted by Crippen LogP contribution is 2.40. The third-order valence-corrected chi connectivity index (χ3v) is 5.73. The average Bonchev–Trinajstić information content (AvgIpc) is 3.19. The second-order valence-electron chi connectivity index (χ2n) is 7.85. The molecule has 2 N–H and O–H groups in total. The van der Waals surface area contributed by atoms with Gasteiger partial charge in [0.1, 0.15) is 0 Å². The topological polar surface area (TPSA) is 103 Å². The van der Waals surface area contributed by atoms with Crippen LogP contribution in [0.25, 0.3) is 0 Å². The van der Waals surface area contributed by atoms with Crippen LogP contribution in [0.1, 0.15) is 31.1 Å². The molecule has 0 spiro atoms. The standard InChI is InChI=1S/C21H24N6O3/c1-11(2)10-25-19(29)16-18(24(5)21(25)30)23-20-26(12(3)13(4)27(16)20)15-8-6-14(7-9-15)17(22)28/h6-9,16,18H,1,10H2,2-5H3,(H2,22,28). The Morgan fingerprint density at radius 3 is 2.37 bits per heavy atom. The van der Waals surface area contributed by atoms with E-state index in [0.717, 1.165) is 22.7 Å². The van der Waals surface area contributed by atoms with Crippen molar-refractivity contribution in [3.8, 4) is 0 Å². The molecule has 0 radical (unpaired) electrons. The summed E-state index contributed by atoms with van der Waals surface area (Å²) in [6, 6.07) is 5.86. The highest BCUT2D eigenvalue weighted by molar-refractivity contribution is 6.10. The first-order valence-electron chi connectivity index (χ1n) is 9.60. The Balaban J connectivity index is 1.74. The largest absolute Gasteiger partial charge is 0.366 e. The van der Waals surface area contributed by atoms with Crippen LogP contribution in [0, 0.1) is 0 Å². The predicted molar refractivity (Wildman–Crippen MR) is 112 cm³/mol. The lowest BCUT2D eigenvalue weighted by molar-refractivity contribution is -0.136. The van der Waals surface area contributed by atoms with Crippen LogP contribution < -0.4 is 10.6 Å². The number of carbonyl (C=O) groups excluding carboxylic acids is 3. The molecule has 1 fully saturated rings. The SMILES string of the molecule is C=C(C)CN1C(=O)C2C(N=C3N(c4ccc(C(N)=O)cc4)C(C)=C(C)N32)N(C)C1=O. The number of hydrogen-bond donors (Lipinski definition) is 1. The molecule has 9 nitrogen and oxygen atoms in total. The van der Waals surface area contributed by atoms with Gasteiger partial charge in [0, 0.05) is 29.7 Å². The molecule has 0 aromatic heterocycles. The van der Waals surface area contributed by atoms with E-state index in [0.29, 0.717) is 11.5 Å². The van der Waals surface area contributed by atoms with Gasteiger partial charge in [0.05, 0.1) is 6.54 Å². The van der Waals surface area contributed by atoms with Crippen LogP contribution in [-0.2, 0) is 4.79 Å². The fourth-order valence-electron chi connectivity index (χ4n) is 4.11. The zero-order valence-corrected chi connectivity index (χ0v) is 17.4. The first-order valence-corrected chi connectivity index (χ1v) is 9.60. The summed E-state index contributed by atoms with van der Waals surface area (Å²) in [4.78, 5) is 48.7. The Morgan fingerprint density at radius 1 is 1.17 bits per heavy atom. The molecule has 4 rings (SSSR count). The predicted octanol–water partition coefficient (Wildman–Crippen LogP) is 1.69. The first-order chi connectivity index (χ1) is 14.1. The fourth-order valence-corrected chi connectivity index (χ4v) is 4.11. The van der Waals surface area contributed by atoms with E-state index in [9.17, 15) is 14.4 Å². The monoisotopic (exact) mass is 408 g/mol. The Kier molecular flexibility index (Phi) is 4.41. The highest BCUT2D eigenvalue weighted by Gasteiger charge is 2.55. The number of fused-ring (bicyclic) bond motifs is 3. The van der Waals surface area contributed by atoms with Crippen molar-refractivity contribution in [3.05, 3.63) is 53.4 Å². The van der Waals surface area contributed by atoms with Crippen molar-refractivity contribution >= 4 is 29.5 Å². The van der Waals surface area contributed by atoms with E-state index in [-0.39, 0.29) is 18.5 Å². The molecule has 1 aromatic rings. The summed E-state index contributed by atoms with van der Waals surface area (Å²) in [6.45, 7) is 9.67. The van der Waals surface area contributed by atoms with Gasteiger partial charge < -0.3 is 10.6 Å². The number of nitrogens with zero attached hydrogens (tertiary/aromatic N) is 5. The number of imide groups is 1. The number of hydrogen-bond acceptors (Lipinski definition) is 6. The number of carbonyl (C=O) groups is 3. The van der Waals surface area contributed by atoms with Crippen LogP contribution in [0.4, 0.5) is 10.5 Å². The molecule has 2 unspecified atom stereocenters. The maximum absolute atomic E-state index is 13.3. The van der Waals surface area contributed by atoms with Crippen molar-refractivity contribution in [2.45, 2.75) is 33.0 Å². The van der Waals surface area contributed by atoms with Gasteiger partial charge in [-0.15, -0.1) is 0 Å². The lowest BCUT2D eigenvalue weighted by Crippen LogP contribution is -2.64. The smallest absolute Gasteiger partial charge is 0.328 e. The molecule has 30 heavy (non-hydrogen) atoms. The molecule has 3 aliphatic heterocycles. The molecule has 0 aliphatic carbocycles. The highest BCUT2D eigenvalue weighted by atomic mass is 16.2. The summed E-state index contributed by atoms with van der Waals surface area (Å²) < 4.78 is 0. The zero-order chi connectivity index (χ0) is 21.9. The Labute approximate surface area is 174 Å². The van der Waals surface area contributed by atoms with Crippen LogP contribution in [0.2, 0.25) is 0 Å². The molecule has 1 aromatic carbocycles. The second kappa shape index (κ2) is 6.72. The van der Waals surface area contributed by atoms with Crippen molar-refractivity contribution in [2.75, 3.05) is 18.5 Å². The molecule has 9 heteroatoms. The molecule has 2 atom stereocenters. The number of benzene rings is 1. The quantitative estimate of drug-likeness (QED) is 0.764. The fraction of sp³-hybridized carbons (Fsp3) is 0.333. The Morgan fingerprint density at radius 2 is 1.80 bits per heavy atom. The summed E-state index contributed by atoms with van der Waals surface area (Å²) in [5, 5.41) is 0. The van der Waals surface area contributed by atoms with E-state index in [1.807, 2.05) is 23.6 Å². The molecule has 0 bridgehead atoms. The third-order valence-electron chi connectivity index (χ3n) is 5.73. The number of nitrogens with two attached hydrogens (primary N) is 1. The van der Waals surface area contributed by atoms with Crippen molar-refractivity contribution in [3.63, 3.8) is 0 Å². The van der Waals surface area contributed by atoms with Gasteiger partial charge in [-0.3, -0.25) is 24.3 Å². The summed E-state index contributed by atoms with van der Waals surface area (Å²) >= 11 is 0. The van der Waals surface area contributed by atoms with Crippen LogP contribution >= 0.6 is 0 Å². The van der Waals surface area contributed by atoms with E-state index < -0.39 is 18.1 Å². The van der Waals surface area contributed by atoms with Gasteiger partial charge in [-0.1, -0.05) is 12.2 Å². The van der Waals surface area contributed by atoms with Crippen LogP contribution in [-0.4, -0.2) is 64.3 Å². The van der Waals surface area contributed by atoms with Crippen LogP contribution in [0.15, 0.2) is 52.8 Å². The van der Waals surface area contributed by atoms with Crippen molar-refractivity contribution in [2.24, 2.45) is 10.7 Å². The van der Waals surface area contributed by atoms with Gasteiger partial charge in [-0.2, -0.15) is 0 Å². The van der Waals surface area contributed by atoms with Crippen molar-refractivity contribution in [1.82, 2.24) is 14.7 Å². The maximum Gasteiger partial charge on any atom is 0.328 e. The minimum atomic E-state index is -0.633. The summed E-state index contributed by atoms with van der Waals surface area (Å²) in [5.41, 5.74) is 9.06. The van der Waals surface area contributed by atoms with Gasteiger partial charge in [0.2, 0.25) is 11.9 Å². The number of aliphatic imine (C=N–C) groups is 1. The Bertz CT molecular complexity index is 1040. The molecule has 3 heterocycles. The number of primary amides is 1. The zero-order valence-electron chi connectivity index (χ0n) is 17.4. The van der Waals surface area contributed by atoms with Crippen LogP contribution in [0.5, 0.6) is 0 Å². The van der Waals surface area contributed by atoms with Gasteiger partial charge in [-0.25, -0.2) is 9.79 Å². The Hall–Kier alpha value is -3.62. The molecular weight excluding hydrogens is 384 g/mol. The summed E-state index contributed by atoms with van der Waals surface area (Å²) in [6.07, 6.45) is -0.614. The summed E-state index contributed by atoms with van der Waals surface area (Å²) in [5.74, 6) is -0.208. The number of anilines is 1. The lowest BCUT2D eigenvalue weighted by Gasteiger charge is -2.40. The van der Waals surface area contributed by atoms with Gasteiger partial charge in [0.15, 0.2) is 12.2 Å². The molecule has 156 valence electrons. The number of likely N-dealkylation sites (N-methyl/N-ethyl adjacent to an activating group) is 1. The van der Waals surface area contributed by atoms with E-state index in [4.69, 9.17) is 10.7 Å². The maximum atomic E-state index is 13.3. The number of amides is 4. The molecule has 4 amide bonds. The lowest BCUT2D eigenvalue weighted by atomic mass is 10.1. The number of rotatable bonds is 4. The molecule has 0 saturated carbocycles. The molecular formula is C21H24N6O3. The minimum absolute atomic E-state index is 0.175. The van der Waals surface area contributed by atoms with Gasteiger partial charge >= 0.3 is 6.03 Å².